The Balaban J connectivity index is 1.64. The molecule has 0 unspecified atom stereocenters. The Morgan fingerprint density at radius 3 is 2.12 bits per heavy atom. The first-order valence-corrected chi connectivity index (χ1v) is 11.5. The zero-order chi connectivity index (χ0) is 22.9. The molecule has 6 heteroatoms. The summed E-state index contributed by atoms with van der Waals surface area (Å²) in [5, 5.41) is 5.98. The molecule has 170 valence electrons. The minimum Gasteiger partial charge on any atom is -0.352 e. The van der Waals surface area contributed by atoms with Crippen LogP contribution in [0.2, 0.25) is 0 Å². The first-order chi connectivity index (χ1) is 15.5. The zero-order valence-electron chi connectivity index (χ0n) is 18.9. The third-order valence-corrected chi connectivity index (χ3v) is 6.17. The summed E-state index contributed by atoms with van der Waals surface area (Å²) in [7, 11) is 0. The number of carbonyl (C=O) groups is 3. The predicted octanol–water partition coefficient (Wildman–Crippen LogP) is 3.18. The van der Waals surface area contributed by atoms with E-state index in [2.05, 4.69) is 10.6 Å². The quantitative estimate of drug-likeness (QED) is 0.669. The summed E-state index contributed by atoms with van der Waals surface area (Å²) in [6.45, 7) is 5.15. The van der Waals surface area contributed by atoms with Crippen molar-refractivity contribution in [3.05, 3.63) is 71.8 Å². The second kappa shape index (κ2) is 11.5. The number of rotatable bonds is 8. The van der Waals surface area contributed by atoms with Gasteiger partial charge in [-0.05, 0) is 49.8 Å². The summed E-state index contributed by atoms with van der Waals surface area (Å²) in [6, 6.07) is 18.1. The van der Waals surface area contributed by atoms with Crippen LogP contribution in [-0.2, 0) is 16.0 Å². The molecule has 0 aliphatic carbocycles. The van der Waals surface area contributed by atoms with Gasteiger partial charge in [0.15, 0.2) is 0 Å². The van der Waals surface area contributed by atoms with Gasteiger partial charge in [-0.2, -0.15) is 0 Å². The number of amides is 3. The van der Waals surface area contributed by atoms with Crippen LogP contribution in [0.1, 0.15) is 49.0 Å². The van der Waals surface area contributed by atoms with Gasteiger partial charge in [0.25, 0.3) is 5.91 Å². The lowest BCUT2D eigenvalue weighted by Crippen LogP contribution is -2.55. The molecule has 2 atom stereocenters. The number of hydrogen-bond acceptors (Lipinski definition) is 3. The topological polar surface area (TPSA) is 78.5 Å². The first kappa shape index (κ1) is 23.5. The average Bonchev–Trinajstić information content (AvgIpc) is 2.83. The third-order valence-electron chi connectivity index (χ3n) is 6.17. The minimum atomic E-state index is -0.622. The zero-order valence-corrected chi connectivity index (χ0v) is 18.9. The highest BCUT2D eigenvalue weighted by Gasteiger charge is 2.34. The van der Waals surface area contributed by atoms with Crippen LogP contribution in [0.15, 0.2) is 60.7 Å². The van der Waals surface area contributed by atoms with Crippen LogP contribution in [0.25, 0.3) is 0 Å². The molecule has 0 aromatic heterocycles. The first-order valence-electron chi connectivity index (χ1n) is 11.5. The van der Waals surface area contributed by atoms with Crippen LogP contribution in [0.4, 0.5) is 0 Å². The van der Waals surface area contributed by atoms with Crippen molar-refractivity contribution in [1.29, 1.82) is 0 Å². The van der Waals surface area contributed by atoms with Crippen LogP contribution in [0, 0.1) is 5.92 Å². The van der Waals surface area contributed by atoms with E-state index in [0.29, 0.717) is 37.9 Å². The molecule has 3 rings (SSSR count). The van der Waals surface area contributed by atoms with Crippen molar-refractivity contribution in [3.63, 3.8) is 0 Å². The lowest BCUT2D eigenvalue weighted by molar-refractivity contribution is -0.132. The summed E-state index contributed by atoms with van der Waals surface area (Å²) < 4.78 is 0. The standard InChI is InChI=1S/C26H33N3O3/c1-3-19(2)27-26(32)24(28-25(31)22-12-8-5-9-13-22)21-14-16-29(17-15-21)23(30)18-20-10-6-4-7-11-20/h4-13,19,21,24H,3,14-18H2,1-2H3,(H,27,32)(H,28,31)/t19-,24+/m0/s1. The SMILES string of the molecule is CC[C@H](C)NC(=O)[C@H](NC(=O)c1ccccc1)C1CCN(C(=O)Cc2ccccc2)CC1. The molecule has 2 aromatic carbocycles. The van der Waals surface area contributed by atoms with Crippen molar-refractivity contribution in [3.8, 4) is 0 Å². The average molecular weight is 436 g/mol. The van der Waals surface area contributed by atoms with Crippen LogP contribution in [0.5, 0.6) is 0 Å². The molecule has 0 spiro atoms. The molecule has 1 heterocycles. The maximum absolute atomic E-state index is 13.0. The predicted molar refractivity (Wildman–Crippen MR) is 125 cm³/mol. The highest BCUT2D eigenvalue weighted by molar-refractivity contribution is 5.97. The van der Waals surface area contributed by atoms with Crippen molar-refractivity contribution in [2.75, 3.05) is 13.1 Å². The molecule has 0 radical (unpaired) electrons. The summed E-state index contributed by atoms with van der Waals surface area (Å²) in [6.07, 6.45) is 2.55. The van der Waals surface area contributed by atoms with Gasteiger partial charge < -0.3 is 15.5 Å². The fraction of sp³-hybridized carbons (Fsp3) is 0.423. The summed E-state index contributed by atoms with van der Waals surface area (Å²) in [5.74, 6) is -0.328. The molecule has 2 aromatic rings. The smallest absolute Gasteiger partial charge is 0.251 e. The van der Waals surface area contributed by atoms with Crippen molar-refractivity contribution in [2.45, 2.75) is 51.6 Å². The Kier molecular flexibility index (Phi) is 8.42. The van der Waals surface area contributed by atoms with Gasteiger partial charge in [-0.3, -0.25) is 14.4 Å². The Bertz CT molecular complexity index is 893. The van der Waals surface area contributed by atoms with Crippen molar-refractivity contribution < 1.29 is 14.4 Å². The molecular formula is C26H33N3O3. The van der Waals surface area contributed by atoms with Crippen LogP contribution < -0.4 is 10.6 Å². The van der Waals surface area contributed by atoms with Crippen molar-refractivity contribution in [1.82, 2.24) is 15.5 Å². The van der Waals surface area contributed by atoms with Crippen LogP contribution >= 0.6 is 0 Å². The van der Waals surface area contributed by atoms with Crippen molar-refractivity contribution >= 4 is 17.7 Å². The molecule has 1 aliphatic heterocycles. The molecule has 6 nitrogen and oxygen atoms in total. The van der Waals surface area contributed by atoms with Gasteiger partial charge in [0.05, 0.1) is 6.42 Å². The van der Waals surface area contributed by atoms with Gasteiger partial charge in [-0.1, -0.05) is 55.5 Å². The van der Waals surface area contributed by atoms with E-state index in [1.165, 1.54) is 0 Å². The number of carbonyl (C=O) groups excluding carboxylic acids is 3. The van der Waals surface area contributed by atoms with Gasteiger partial charge >= 0.3 is 0 Å². The van der Waals surface area contributed by atoms with E-state index in [1.54, 1.807) is 24.3 Å². The Morgan fingerprint density at radius 2 is 1.53 bits per heavy atom. The number of nitrogens with zero attached hydrogens (tertiary/aromatic N) is 1. The van der Waals surface area contributed by atoms with E-state index in [0.717, 1.165) is 12.0 Å². The Morgan fingerprint density at radius 1 is 0.938 bits per heavy atom. The Labute approximate surface area is 190 Å². The van der Waals surface area contributed by atoms with E-state index in [9.17, 15) is 14.4 Å². The number of piperidine rings is 1. The fourth-order valence-electron chi connectivity index (χ4n) is 4.01. The van der Waals surface area contributed by atoms with E-state index in [4.69, 9.17) is 0 Å². The number of hydrogen-bond donors (Lipinski definition) is 2. The second-order valence-electron chi connectivity index (χ2n) is 8.52. The molecule has 3 amide bonds. The van der Waals surface area contributed by atoms with E-state index in [1.807, 2.05) is 55.1 Å². The number of nitrogens with one attached hydrogen (secondary N) is 2. The number of likely N-dealkylation sites (tertiary alicyclic amines) is 1. The van der Waals surface area contributed by atoms with E-state index >= 15 is 0 Å². The summed E-state index contributed by atoms with van der Waals surface area (Å²) in [4.78, 5) is 40.4. The molecule has 2 N–H and O–H groups in total. The van der Waals surface area contributed by atoms with E-state index < -0.39 is 6.04 Å². The molecule has 0 saturated carbocycles. The molecule has 0 bridgehead atoms. The minimum absolute atomic E-state index is 0.0208. The maximum Gasteiger partial charge on any atom is 0.251 e. The van der Waals surface area contributed by atoms with Gasteiger partial charge in [0.2, 0.25) is 11.8 Å². The molecule has 1 aliphatic rings. The largest absolute Gasteiger partial charge is 0.352 e. The fourth-order valence-corrected chi connectivity index (χ4v) is 4.01. The summed E-state index contributed by atoms with van der Waals surface area (Å²) in [5.41, 5.74) is 1.53. The lowest BCUT2D eigenvalue weighted by Gasteiger charge is -2.36. The van der Waals surface area contributed by atoms with Gasteiger partial charge in [0, 0.05) is 24.7 Å². The van der Waals surface area contributed by atoms with Crippen LogP contribution in [-0.4, -0.2) is 47.8 Å². The second-order valence-corrected chi connectivity index (χ2v) is 8.52. The molecule has 1 saturated heterocycles. The molecular weight excluding hydrogens is 402 g/mol. The maximum atomic E-state index is 13.0. The lowest BCUT2D eigenvalue weighted by atomic mass is 9.88. The third kappa shape index (κ3) is 6.42. The van der Waals surface area contributed by atoms with Gasteiger partial charge in [-0.15, -0.1) is 0 Å². The highest BCUT2D eigenvalue weighted by atomic mass is 16.2. The van der Waals surface area contributed by atoms with Crippen LogP contribution in [0.3, 0.4) is 0 Å². The monoisotopic (exact) mass is 435 g/mol. The summed E-state index contributed by atoms with van der Waals surface area (Å²) >= 11 is 0. The molecule has 1 fully saturated rings. The highest BCUT2D eigenvalue weighted by Crippen LogP contribution is 2.22. The number of benzene rings is 2. The van der Waals surface area contributed by atoms with Gasteiger partial charge in [-0.25, -0.2) is 0 Å². The van der Waals surface area contributed by atoms with E-state index in [-0.39, 0.29) is 29.7 Å². The van der Waals surface area contributed by atoms with Crippen molar-refractivity contribution in [2.24, 2.45) is 5.92 Å². The van der Waals surface area contributed by atoms with Gasteiger partial charge in [0.1, 0.15) is 6.04 Å². The molecule has 32 heavy (non-hydrogen) atoms. The normalized spacial score (nSPS) is 16.1. The Hall–Kier alpha value is -3.15.